The Morgan fingerprint density at radius 1 is 1.05 bits per heavy atom. The van der Waals surface area contributed by atoms with Crippen LogP contribution >= 0.6 is 0 Å². The van der Waals surface area contributed by atoms with Crippen molar-refractivity contribution in [1.29, 1.82) is 0 Å². The Kier molecular flexibility index (Phi) is 8.56. The van der Waals surface area contributed by atoms with Crippen LogP contribution in [0, 0.1) is 0 Å². The number of nitrogens with zero attached hydrogens (tertiary/aromatic N) is 4. The number of likely N-dealkylation sites (tertiary alicyclic amines) is 1. The summed E-state index contributed by atoms with van der Waals surface area (Å²) in [6, 6.07) is 12.5. The molecule has 2 N–H and O–H groups in total. The Balaban J connectivity index is 1.20. The number of primary amides is 1. The van der Waals surface area contributed by atoms with Gasteiger partial charge in [-0.15, -0.1) is 0 Å². The minimum atomic E-state index is -0.467. The molecule has 1 aromatic heterocycles. The average molecular weight is 508 g/mol. The highest BCUT2D eigenvalue weighted by molar-refractivity contribution is 5.72. The molecule has 0 bridgehead atoms. The largest absolute Gasteiger partial charge is 0.444 e. The lowest BCUT2D eigenvalue weighted by Crippen LogP contribution is -2.61. The monoisotopic (exact) mass is 507 g/mol. The summed E-state index contributed by atoms with van der Waals surface area (Å²) in [6.45, 7) is 9.31. The summed E-state index contributed by atoms with van der Waals surface area (Å²) >= 11 is 0. The second-order valence-corrected chi connectivity index (χ2v) is 11.3. The highest BCUT2D eigenvalue weighted by atomic mass is 16.6. The van der Waals surface area contributed by atoms with Crippen LogP contribution in [0.4, 0.5) is 15.3 Å². The molecule has 0 radical (unpaired) electrons. The molecule has 0 aliphatic carbocycles. The van der Waals surface area contributed by atoms with E-state index in [0.717, 1.165) is 44.2 Å². The van der Waals surface area contributed by atoms with E-state index in [1.54, 1.807) is 22.2 Å². The third kappa shape index (κ3) is 7.14. The molecular weight excluding hydrogens is 466 g/mol. The maximum absolute atomic E-state index is 12.4. The van der Waals surface area contributed by atoms with Crippen LogP contribution in [0.5, 0.6) is 0 Å². The number of ether oxygens (including phenoxy) is 1. The number of rotatable bonds is 10. The predicted molar refractivity (Wildman–Crippen MR) is 145 cm³/mol. The number of urea groups is 1. The molecule has 3 heterocycles. The van der Waals surface area contributed by atoms with Gasteiger partial charge in [0.25, 0.3) is 0 Å². The molecule has 37 heavy (non-hydrogen) atoms. The number of hydrogen-bond donors (Lipinski definition) is 1. The highest BCUT2D eigenvalue weighted by Gasteiger charge is 2.41. The lowest BCUT2D eigenvalue weighted by atomic mass is 9.95. The van der Waals surface area contributed by atoms with Gasteiger partial charge < -0.3 is 25.2 Å². The molecular formula is C29H41N5O3. The zero-order valence-corrected chi connectivity index (χ0v) is 22.4. The SMILES string of the molecule is CC(C)(C)OC(=O)N1CC(N2CC(CCCCCCN(Cc3cccnc3)C(N)=O)c3ccccc32)C1. The minimum absolute atomic E-state index is 0.219. The van der Waals surface area contributed by atoms with Crippen molar-refractivity contribution in [3.8, 4) is 0 Å². The molecule has 0 saturated carbocycles. The fourth-order valence-corrected chi connectivity index (χ4v) is 5.28. The van der Waals surface area contributed by atoms with Gasteiger partial charge in [-0.05, 0) is 56.9 Å². The number of anilines is 1. The van der Waals surface area contributed by atoms with Gasteiger partial charge in [-0.25, -0.2) is 9.59 Å². The Morgan fingerprint density at radius 2 is 1.81 bits per heavy atom. The number of benzene rings is 1. The predicted octanol–water partition coefficient (Wildman–Crippen LogP) is 5.14. The van der Waals surface area contributed by atoms with E-state index in [2.05, 4.69) is 34.1 Å². The first-order valence-electron chi connectivity index (χ1n) is 13.5. The second-order valence-electron chi connectivity index (χ2n) is 11.3. The van der Waals surface area contributed by atoms with Gasteiger partial charge in [0.05, 0.1) is 6.04 Å². The van der Waals surface area contributed by atoms with Crippen molar-refractivity contribution < 1.29 is 14.3 Å². The van der Waals surface area contributed by atoms with Gasteiger partial charge in [0, 0.05) is 56.7 Å². The van der Waals surface area contributed by atoms with Crippen molar-refractivity contribution in [3.63, 3.8) is 0 Å². The number of unbranched alkanes of at least 4 members (excludes halogenated alkanes) is 3. The molecule has 8 nitrogen and oxygen atoms in total. The van der Waals surface area contributed by atoms with Crippen molar-refractivity contribution in [2.45, 2.75) is 77.0 Å². The van der Waals surface area contributed by atoms with Crippen LogP contribution in [-0.2, 0) is 11.3 Å². The second kappa shape index (κ2) is 11.8. The van der Waals surface area contributed by atoms with Gasteiger partial charge >= 0.3 is 12.1 Å². The van der Waals surface area contributed by atoms with Crippen LogP contribution in [0.15, 0.2) is 48.8 Å². The van der Waals surface area contributed by atoms with Crippen molar-refractivity contribution in [1.82, 2.24) is 14.8 Å². The fourth-order valence-electron chi connectivity index (χ4n) is 5.28. The molecule has 4 rings (SSSR count). The van der Waals surface area contributed by atoms with Gasteiger partial charge in [-0.2, -0.15) is 0 Å². The Hall–Kier alpha value is -3.29. The van der Waals surface area contributed by atoms with Crippen molar-refractivity contribution in [2.24, 2.45) is 5.73 Å². The van der Waals surface area contributed by atoms with Crippen molar-refractivity contribution in [2.75, 3.05) is 31.1 Å². The number of fused-ring (bicyclic) bond motifs is 1. The number of pyridine rings is 1. The molecule has 2 aliphatic heterocycles. The Labute approximate surface area is 220 Å². The summed E-state index contributed by atoms with van der Waals surface area (Å²) in [4.78, 5) is 34.3. The normalized spacial score (nSPS) is 17.3. The Bertz CT molecular complexity index is 1050. The van der Waals surface area contributed by atoms with Crippen LogP contribution < -0.4 is 10.6 Å². The first-order valence-corrected chi connectivity index (χ1v) is 13.5. The average Bonchev–Trinajstić information content (AvgIpc) is 3.17. The number of aromatic nitrogens is 1. The number of para-hydroxylation sites is 1. The van der Waals surface area contributed by atoms with E-state index < -0.39 is 5.60 Å². The van der Waals surface area contributed by atoms with Crippen molar-refractivity contribution >= 4 is 17.8 Å². The molecule has 3 amide bonds. The fraction of sp³-hybridized carbons (Fsp3) is 0.552. The molecule has 1 atom stereocenters. The third-order valence-electron chi connectivity index (χ3n) is 7.20. The zero-order chi connectivity index (χ0) is 26.4. The molecule has 0 spiro atoms. The van der Waals surface area contributed by atoms with Gasteiger partial charge in [0.2, 0.25) is 0 Å². The van der Waals surface area contributed by atoms with E-state index in [4.69, 9.17) is 10.5 Å². The molecule has 1 aromatic carbocycles. The summed E-state index contributed by atoms with van der Waals surface area (Å²) in [5.41, 5.74) is 8.86. The van der Waals surface area contributed by atoms with E-state index in [9.17, 15) is 9.59 Å². The summed E-state index contributed by atoms with van der Waals surface area (Å²) in [5.74, 6) is 0.513. The number of carbonyl (C=O) groups is 2. The van der Waals surface area contributed by atoms with Crippen molar-refractivity contribution in [3.05, 3.63) is 59.9 Å². The van der Waals surface area contributed by atoms with Gasteiger partial charge in [-0.1, -0.05) is 43.5 Å². The molecule has 1 saturated heterocycles. The first kappa shape index (κ1) is 26.8. The molecule has 1 fully saturated rings. The molecule has 2 aromatic rings. The number of nitrogens with two attached hydrogens (primary N) is 1. The van der Waals surface area contributed by atoms with Gasteiger partial charge in [-0.3, -0.25) is 4.98 Å². The van der Waals surface area contributed by atoms with Gasteiger partial charge in [0.15, 0.2) is 0 Å². The maximum atomic E-state index is 12.4. The summed E-state index contributed by atoms with van der Waals surface area (Å²) in [7, 11) is 0. The molecule has 1 unspecified atom stereocenters. The maximum Gasteiger partial charge on any atom is 0.410 e. The first-order chi connectivity index (χ1) is 17.7. The number of carbonyl (C=O) groups excluding carboxylic acids is 2. The van der Waals surface area contributed by atoms with E-state index >= 15 is 0 Å². The molecule has 200 valence electrons. The summed E-state index contributed by atoms with van der Waals surface area (Å²) < 4.78 is 5.52. The lowest BCUT2D eigenvalue weighted by molar-refractivity contribution is 0.00819. The minimum Gasteiger partial charge on any atom is -0.444 e. The van der Waals surface area contributed by atoms with Crippen LogP contribution in [0.3, 0.4) is 0 Å². The van der Waals surface area contributed by atoms with Crippen LogP contribution in [0.1, 0.15) is 69.9 Å². The van der Waals surface area contributed by atoms with Gasteiger partial charge in [0.1, 0.15) is 5.60 Å². The highest BCUT2D eigenvalue weighted by Crippen LogP contribution is 2.41. The number of hydrogen-bond acceptors (Lipinski definition) is 5. The van der Waals surface area contributed by atoms with Crippen LogP contribution in [0.2, 0.25) is 0 Å². The Morgan fingerprint density at radius 3 is 2.51 bits per heavy atom. The van der Waals surface area contributed by atoms with E-state index in [-0.39, 0.29) is 12.1 Å². The lowest BCUT2D eigenvalue weighted by Gasteiger charge is -2.45. The summed E-state index contributed by atoms with van der Waals surface area (Å²) in [6.07, 6.45) is 8.73. The molecule has 2 aliphatic rings. The number of amides is 3. The zero-order valence-electron chi connectivity index (χ0n) is 22.4. The quantitative estimate of drug-likeness (QED) is 0.450. The topological polar surface area (TPSA) is 92.0 Å². The van der Waals surface area contributed by atoms with Crippen LogP contribution in [0.25, 0.3) is 0 Å². The molecule has 8 heteroatoms. The smallest absolute Gasteiger partial charge is 0.410 e. The van der Waals surface area contributed by atoms with E-state index in [1.165, 1.54) is 11.3 Å². The third-order valence-corrected chi connectivity index (χ3v) is 7.20. The standard InChI is InChI=1S/C29H41N5O3/c1-29(2,3)37-28(36)33-20-24(21-33)34-19-23(25-13-7-8-14-26(25)34)12-6-4-5-9-16-32(27(30)35)18-22-11-10-15-31-17-22/h7-8,10-11,13-15,17,23-24H,4-6,9,12,16,18-21H2,1-3H3,(H2,30,35). The van der Waals surface area contributed by atoms with E-state index in [0.29, 0.717) is 38.1 Å². The summed E-state index contributed by atoms with van der Waals surface area (Å²) in [5, 5.41) is 0. The van der Waals surface area contributed by atoms with E-state index in [1.807, 2.05) is 32.9 Å². The van der Waals surface area contributed by atoms with Crippen LogP contribution in [-0.4, -0.2) is 64.7 Å².